The van der Waals surface area contributed by atoms with E-state index in [2.05, 4.69) is 33.5 Å². The highest BCUT2D eigenvalue weighted by atomic mass is 32.2. The molecule has 9 heteroatoms. The maximum atomic E-state index is 11.2. The van der Waals surface area contributed by atoms with Crippen LogP contribution in [-0.2, 0) is 4.79 Å². The van der Waals surface area contributed by atoms with Crippen molar-refractivity contribution in [2.45, 2.75) is 31.7 Å². The van der Waals surface area contributed by atoms with E-state index in [9.17, 15) is 10.1 Å². The number of nitrogens with two attached hydrogens (primary N) is 1. The monoisotopic (exact) mass is 421 g/mol. The molecule has 0 aliphatic carbocycles. The fraction of sp³-hybridized carbons (Fsp3) is 0.333. The third-order valence-electron chi connectivity index (χ3n) is 5.14. The average Bonchev–Trinajstić information content (AvgIpc) is 3.33. The van der Waals surface area contributed by atoms with Crippen LogP contribution in [-0.4, -0.2) is 34.2 Å². The molecule has 1 fully saturated rings. The molecule has 2 aliphatic rings. The highest BCUT2D eigenvalue weighted by molar-refractivity contribution is 7.99. The van der Waals surface area contributed by atoms with Crippen LogP contribution in [0.4, 0.5) is 11.4 Å². The summed E-state index contributed by atoms with van der Waals surface area (Å²) in [6.45, 7) is 4.67. The first kappa shape index (κ1) is 20.2. The van der Waals surface area contributed by atoms with Crippen LogP contribution < -0.4 is 21.3 Å². The van der Waals surface area contributed by atoms with Gasteiger partial charge in [0.1, 0.15) is 22.8 Å². The van der Waals surface area contributed by atoms with Crippen molar-refractivity contribution >= 4 is 34.6 Å². The van der Waals surface area contributed by atoms with E-state index >= 15 is 0 Å². The second kappa shape index (κ2) is 8.34. The van der Waals surface area contributed by atoms with Gasteiger partial charge >= 0.3 is 0 Å². The number of carbonyl (C=O) groups excluding carboxylic acids is 1. The summed E-state index contributed by atoms with van der Waals surface area (Å²) in [4.78, 5) is 22.5. The van der Waals surface area contributed by atoms with Gasteiger partial charge in [0.05, 0.1) is 17.1 Å². The third-order valence-corrected chi connectivity index (χ3v) is 6.42. The lowest BCUT2D eigenvalue weighted by Gasteiger charge is -2.20. The molecule has 1 saturated heterocycles. The molecule has 2 aromatic rings. The summed E-state index contributed by atoms with van der Waals surface area (Å²) in [5, 5.41) is 16.6. The summed E-state index contributed by atoms with van der Waals surface area (Å²) >= 11 is 1.64. The Hall–Kier alpha value is -3.09. The van der Waals surface area contributed by atoms with E-state index < -0.39 is 0 Å². The van der Waals surface area contributed by atoms with Gasteiger partial charge in [-0.05, 0) is 31.5 Å². The highest BCUT2D eigenvalue weighted by Gasteiger charge is 2.31. The second-order valence-electron chi connectivity index (χ2n) is 7.23. The van der Waals surface area contributed by atoms with Gasteiger partial charge < -0.3 is 16.0 Å². The predicted molar refractivity (Wildman–Crippen MR) is 118 cm³/mol. The number of nitrogens with one attached hydrogen (secondary N) is 2. The maximum absolute atomic E-state index is 11.2. The summed E-state index contributed by atoms with van der Waals surface area (Å²) < 4.78 is 0. The first-order valence-electron chi connectivity index (χ1n) is 9.79. The van der Waals surface area contributed by atoms with E-state index in [1.807, 2.05) is 31.2 Å². The summed E-state index contributed by atoms with van der Waals surface area (Å²) in [7, 11) is 0. The van der Waals surface area contributed by atoms with Crippen LogP contribution in [0.15, 0.2) is 36.3 Å². The largest absolute Gasteiger partial charge is 0.370 e. The van der Waals surface area contributed by atoms with Gasteiger partial charge in [-0.25, -0.2) is 9.97 Å². The van der Waals surface area contributed by atoms with Gasteiger partial charge in [0.15, 0.2) is 5.82 Å². The van der Waals surface area contributed by atoms with E-state index in [0.717, 1.165) is 35.1 Å². The smallest absolute Gasteiger partial charge is 0.219 e. The Kier molecular flexibility index (Phi) is 5.61. The highest BCUT2D eigenvalue weighted by Crippen LogP contribution is 2.39. The van der Waals surface area contributed by atoms with Crippen LogP contribution in [0, 0.1) is 18.3 Å². The van der Waals surface area contributed by atoms with Crippen molar-refractivity contribution in [3.8, 4) is 6.07 Å². The Bertz CT molecular complexity index is 1060. The minimum atomic E-state index is -0.331. The van der Waals surface area contributed by atoms with Crippen molar-refractivity contribution in [1.82, 2.24) is 15.3 Å². The zero-order valence-corrected chi connectivity index (χ0v) is 17.7. The summed E-state index contributed by atoms with van der Waals surface area (Å²) in [5.41, 5.74) is 9.24. The number of allylic oxidation sites excluding steroid dienone is 1. The van der Waals surface area contributed by atoms with Gasteiger partial charge in [-0.3, -0.25) is 10.1 Å². The molecule has 2 unspecified atom stereocenters. The fourth-order valence-corrected chi connectivity index (χ4v) is 4.93. The molecule has 1 aromatic heterocycles. The Labute approximate surface area is 179 Å². The van der Waals surface area contributed by atoms with Crippen molar-refractivity contribution in [2.24, 2.45) is 5.73 Å². The quantitative estimate of drug-likeness (QED) is 0.630. The number of fused-ring (bicyclic) bond motifs is 1. The van der Waals surface area contributed by atoms with E-state index in [1.165, 1.54) is 0 Å². The number of thioether (sulfide) groups is 1. The molecule has 4 rings (SSSR count). The number of benzene rings is 1. The molecular weight excluding hydrogens is 398 g/mol. The number of para-hydroxylation sites is 2. The number of nitrogens with zero attached hydrogens (tertiary/aromatic N) is 4. The molecule has 2 aliphatic heterocycles. The number of hydrogen-bond acceptors (Lipinski definition) is 8. The lowest BCUT2D eigenvalue weighted by Crippen LogP contribution is -2.31. The van der Waals surface area contributed by atoms with E-state index in [0.29, 0.717) is 17.1 Å². The molecule has 154 valence electrons. The number of carbonyl (C=O) groups is 1. The summed E-state index contributed by atoms with van der Waals surface area (Å²) in [6, 6.07) is 10.3. The van der Waals surface area contributed by atoms with Crippen molar-refractivity contribution < 1.29 is 4.79 Å². The molecule has 0 radical (unpaired) electrons. The predicted octanol–water partition coefficient (Wildman–Crippen LogP) is 2.51. The van der Waals surface area contributed by atoms with E-state index in [1.54, 1.807) is 18.0 Å². The molecule has 4 N–H and O–H groups in total. The summed E-state index contributed by atoms with van der Waals surface area (Å²) in [6.07, 6.45) is 2.03. The number of aryl methyl sites for hydroxylation is 1. The van der Waals surface area contributed by atoms with Crippen LogP contribution in [0.1, 0.15) is 35.8 Å². The third kappa shape index (κ3) is 3.72. The molecule has 3 heterocycles. The number of primary amides is 1. The normalized spacial score (nSPS) is 21.7. The van der Waals surface area contributed by atoms with Gasteiger partial charge in [-0.1, -0.05) is 12.1 Å². The van der Waals surface area contributed by atoms with Crippen LogP contribution in [0.5, 0.6) is 0 Å². The number of nitriles is 1. The van der Waals surface area contributed by atoms with Crippen molar-refractivity contribution in [2.75, 3.05) is 22.5 Å². The standard InChI is InChI=1S/C21H23N7OS/c1-3-28-16-7-5-4-6-15(16)26-20(28)14(9-22)18-12(2)10-24-19(27-18)21-25-13(11-30-21)8-17(23)29/h4-7,10,13,21,25-26H,3,8,11H2,1-2H3,(H2,23,29)/b20-14+. The Morgan fingerprint density at radius 1 is 1.43 bits per heavy atom. The van der Waals surface area contributed by atoms with Crippen LogP contribution in [0.25, 0.3) is 5.57 Å². The summed E-state index contributed by atoms with van der Waals surface area (Å²) in [5.74, 6) is 1.75. The Morgan fingerprint density at radius 2 is 2.23 bits per heavy atom. The number of aromatic nitrogens is 2. The Morgan fingerprint density at radius 3 is 2.97 bits per heavy atom. The molecular formula is C21H23N7OS. The lowest BCUT2D eigenvalue weighted by molar-refractivity contribution is -0.118. The molecule has 1 aromatic carbocycles. The van der Waals surface area contributed by atoms with Crippen LogP contribution in [0.3, 0.4) is 0 Å². The molecule has 1 amide bonds. The van der Waals surface area contributed by atoms with Gasteiger partial charge in [-0.2, -0.15) is 5.26 Å². The first-order chi connectivity index (χ1) is 14.5. The van der Waals surface area contributed by atoms with Crippen LogP contribution in [0.2, 0.25) is 0 Å². The number of rotatable bonds is 5. The number of anilines is 2. The Balaban J connectivity index is 1.70. The van der Waals surface area contributed by atoms with Crippen LogP contribution >= 0.6 is 11.8 Å². The molecule has 2 atom stereocenters. The van der Waals surface area contributed by atoms with Crippen molar-refractivity contribution in [3.05, 3.63) is 53.4 Å². The molecule has 30 heavy (non-hydrogen) atoms. The van der Waals surface area contributed by atoms with E-state index in [4.69, 9.17) is 10.7 Å². The zero-order chi connectivity index (χ0) is 21.3. The van der Waals surface area contributed by atoms with E-state index in [-0.39, 0.29) is 23.7 Å². The van der Waals surface area contributed by atoms with Gasteiger partial charge in [0.2, 0.25) is 5.91 Å². The SMILES string of the molecule is CCN1/C(=C(\C#N)c2nc(C3NC(CC(N)=O)CS3)ncc2C)Nc2ccccc21. The first-order valence-corrected chi connectivity index (χ1v) is 10.8. The van der Waals surface area contributed by atoms with Crippen molar-refractivity contribution in [3.63, 3.8) is 0 Å². The number of amides is 1. The zero-order valence-electron chi connectivity index (χ0n) is 16.8. The molecule has 0 spiro atoms. The van der Waals surface area contributed by atoms with Gasteiger partial charge in [0.25, 0.3) is 0 Å². The van der Waals surface area contributed by atoms with Gasteiger partial charge in [0, 0.05) is 31.0 Å². The van der Waals surface area contributed by atoms with Crippen molar-refractivity contribution in [1.29, 1.82) is 5.26 Å². The minimum Gasteiger partial charge on any atom is -0.370 e. The second-order valence-corrected chi connectivity index (χ2v) is 8.37. The fourth-order valence-electron chi connectivity index (χ4n) is 3.74. The molecule has 0 saturated carbocycles. The van der Waals surface area contributed by atoms with Gasteiger partial charge in [-0.15, -0.1) is 11.8 Å². The molecule has 0 bridgehead atoms. The molecule has 8 nitrogen and oxygen atoms in total. The lowest BCUT2D eigenvalue weighted by atomic mass is 10.1. The number of hydrogen-bond donors (Lipinski definition) is 3. The maximum Gasteiger partial charge on any atom is 0.219 e. The minimum absolute atomic E-state index is 0.00113. The average molecular weight is 422 g/mol. The topological polar surface area (TPSA) is 120 Å².